The monoisotopic (exact) mass is 213 g/mol. The van der Waals surface area contributed by atoms with Gasteiger partial charge in [0, 0.05) is 18.9 Å². The molecule has 0 spiro atoms. The van der Waals surface area contributed by atoms with Crippen molar-refractivity contribution in [3.63, 3.8) is 0 Å². The van der Waals surface area contributed by atoms with Gasteiger partial charge in [0.05, 0.1) is 0 Å². The van der Waals surface area contributed by atoms with Gasteiger partial charge in [0.25, 0.3) is 0 Å². The molecule has 0 radical (unpaired) electrons. The smallest absolute Gasteiger partial charge is 0.303 e. The Hall–Kier alpha value is -1.06. The Morgan fingerprint density at radius 3 is 2.40 bits per heavy atom. The van der Waals surface area contributed by atoms with Gasteiger partial charge >= 0.3 is 5.97 Å². The van der Waals surface area contributed by atoms with E-state index in [1.54, 1.807) is 0 Å². The lowest BCUT2D eigenvalue weighted by Crippen LogP contribution is -2.25. The number of hydrogen-bond acceptors (Lipinski definition) is 2. The molecular weight excluding hydrogens is 194 g/mol. The van der Waals surface area contributed by atoms with E-state index in [1.807, 2.05) is 0 Å². The Morgan fingerprint density at radius 1 is 1.13 bits per heavy atom. The minimum Gasteiger partial charge on any atom is -0.481 e. The lowest BCUT2D eigenvalue weighted by Gasteiger charge is -2.03. The van der Waals surface area contributed by atoms with Gasteiger partial charge in [-0.05, 0) is 25.7 Å². The summed E-state index contributed by atoms with van der Waals surface area (Å²) in [6, 6.07) is 0. The molecule has 0 aliphatic heterocycles. The van der Waals surface area contributed by atoms with Crippen LogP contribution in [-0.2, 0) is 9.59 Å². The number of rotatable bonds is 8. The van der Waals surface area contributed by atoms with Crippen LogP contribution in [0.4, 0.5) is 0 Å². The highest BCUT2D eigenvalue weighted by molar-refractivity contribution is 5.80. The van der Waals surface area contributed by atoms with E-state index in [0.717, 1.165) is 45.1 Å². The summed E-state index contributed by atoms with van der Waals surface area (Å²) < 4.78 is 0. The van der Waals surface area contributed by atoms with Crippen LogP contribution < -0.4 is 5.32 Å². The van der Waals surface area contributed by atoms with Crippen molar-refractivity contribution in [2.75, 3.05) is 6.54 Å². The summed E-state index contributed by atoms with van der Waals surface area (Å²) in [6.45, 7) is 0.738. The van der Waals surface area contributed by atoms with E-state index in [9.17, 15) is 9.59 Å². The van der Waals surface area contributed by atoms with Crippen LogP contribution in [0, 0.1) is 5.92 Å². The standard InChI is InChI=1S/C11H19NO3/c13-10(14)5-3-1-2-4-8-12-11(15)9-6-7-9/h9H,1-8H2,(H,12,15)(H,13,14). The van der Waals surface area contributed by atoms with E-state index in [4.69, 9.17) is 5.11 Å². The molecule has 1 rings (SSSR count). The average molecular weight is 213 g/mol. The fourth-order valence-electron chi connectivity index (χ4n) is 1.46. The van der Waals surface area contributed by atoms with Crippen molar-refractivity contribution >= 4 is 11.9 Å². The maximum atomic E-state index is 11.2. The molecule has 0 aromatic carbocycles. The average Bonchev–Trinajstić information content (AvgIpc) is 2.98. The Kier molecular flexibility index (Phi) is 5.15. The zero-order valence-electron chi connectivity index (χ0n) is 9.00. The molecule has 0 saturated heterocycles. The lowest BCUT2D eigenvalue weighted by atomic mass is 10.1. The number of carboxylic acids is 1. The van der Waals surface area contributed by atoms with Crippen LogP contribution in [0.5, 0.6) is 0 Å². The summed E-state index contributed by atoms with van der Waals surface area (Å²) in [7, 11) is 0. The molecule has 1 saturated carbocycles. The van der Waals surface area contributed by atoms with Crippen molar-refractivity contribution in [2.45, 2.75) is 44.9 Å². The molecule has 0 aromatic heterocycles. The third-order valence-corrected chi connectivity index (χ3v) is 2.56. The molecule has 1 aliphatic carbocycles. The van der Waals surface area contributed by atoms with Gasteiger partial charge in [0.2, 0.25) is 5.91 Å². The SMILES string of the molecule is O=C(O)CCCCCCNC(=O)C1CC1. The minimum absolute atomic E-state index is 0.195. The molecule has 15 heavy (non-hydrogen) atoms. The third kappa shape index (κ3) is 6.10. The number of amides is 1. The van der Waals surface area contributed by atoms with Gasteiger partial charge in [0.15, 0.2) is 0 Å². The van der Waals surface area contributed by atoms with E-state index in [2.05, 4.69) is 5.32 Å². The van der Waals surface area contributed by atoms with Crippen LogP contribution >= 0.6 is 0 Å². The first-order chi connectivity index (χ1) is 7.20. The van der Waals surface area contributed by atoms with Crippen molar-refractivity contribution in [2.24, 2.45) is 5.92 Å². The summed E-state index contributed by atoms with van der Waals surface area (Å²) in [4.78, 5) is 21.4. The van der Waals surface area contributed by atoms with Crippen LogP contribution in [0.15, 0.2) is 0 Å². The Balaban J connectivity index is 1.80. The first-order valence-electron chi connectivity index (χ1n) is 5.69. The van der Waals surface area contributed by atoms with Crippen molar-refractivity contribution < 1.29 is 14.7 Å². The molecule has 1 fully saturated rings. The van der Waals surface area contributed by atoms with E-state index in [-0.39, 0.29) is 18.2 Å². The Bertz CT molecular complexity index is 224. The normalized spacial score (nSPS) is 14.9. The summed E-state index contributed by atoms with van der Waals surface area (Å²) >= 11 is 0. The summed E-state index contributed by atoms with van der Waals surface area (Å²) in [6.07, 6.45) is 5.98. The third-order valence-electron chi connectivity index (χ3n) is 2.56. The maximum Gasteiger partial charge on any atom is 0.303 e. The fourth-order valence-corrected chi connectivity index (χ4v) is 1.46. The van der Waals surface area contributed by atoms with Crippen molar-refractivity contribution in [1.82, 2.24) is 5.32 Å². The highest BCUT2D eigenvalue weighted by Gasteiger charge is 2.28. The molecular formula is C11H19NO3. The minimum atomic E-state index is -0.725. The number of hydrogen-bond donors (Lipinski definition) is 2. The molecule has 0 aromatic rings. The van der Waals surface area contributed by atoms with Crippen LogP contribution in [0.25, 0.3) is 0 Å². The molecule has 2 N–H and O–H groups in total. The molecule has 0 heterocycles. The van der Waals surface area contributed by atoms with Crippen molar-refractivity contribution in [3.05, 3.63) is 0 Å². The molecule has 0 unspecified atom stereocenters. The number of aliphatic carboxylic acids is 1. The predicted octanol–water partition coefficient (Wildman–Crippen LogP) is 1.55. The topological polar surface area (TPSA) is 66.4 Å². The second-order valence-corrected chi connectivity index (χ2v) is 4.12. The molecule has 86 valence electrons. The van der Waals surface area contributed by atoms with Gasteiger partial charge in [-0.2, -0.15) is 0 Å². The molecule has 1 amide bonds. The number of nitrogens with one attached hydrogen (secondary N) is 1. The summed E-state index contributed by atoms with van der Waals surface area (Å²) in [5.74, 6) is -0.241. The number of carbonyl (C=O) groups is 2. The second kappa shape index (κ2) is 6.43. The van der Waals surface area contributed by atoms with Gasteiger partial charge < -0.3 is 10.4 Å². The predicted molar refractivity (Wildman–Crippen MR) is 56.5 cm³/mol. The molecule has 0 atom stereocenters. The van der Waals surface area contributed by atoms with E-state index in [1.165, 1.54) is 0 Å². The number of unbranched alkanes of at least 4 members (excludes halogenated alkanes) is 3. The van der Waals surface area contributed by atoms with Crippen LogP contribution in [-0.4, -0.2) is 23.5 Å². The van der Waals surface area contributed by atoms with Crippen LogP contribution in [0.1, 0.15) is 44.9 Å². The Morgan fingerprint density at radius 2 is 1.80 bits per heavy atom. The van der Waals surface area contributed by atoms with E-state index in [0.29, 0.717) is 0 Å². The fraction of sp³-hybridized carbons (Fsp3) is 0.818. The Labute approximate surface area is 90.0 Å². The first kappa shape index (κ1) is 12.0. The molecule has 1 aliphatic rings. The van der Waals surface area contributed by atoms with Crippen LogP contribution in [0.3, 0.4) is 0 Å². The maximum absolute atomic E-state index is 11.2. The zero-order valence-corrected chi connectivity index (χ0v) is 9.00. The van der Waals surface area contributed by atoms with E-state index >= 15 is 0 Å². The van der Waals surface area contributed by atoms with Crippen molar-refractivity contribution in [3.8, 4) is 0 Å². The van der Waals surface area contributed by atoms with Gasteiger partial charge in [-0.15, -0.1) is 0 Å². The summed E-state index contributed by atoms with van der Waals surface area (Å²) in [5.41, 5.74) is 0. The van der Waals surface area contributed by atoms with E-state index < -0.39 is 5.97 Å². The lowest BCUT2D eigenvalue weighted by molar-refractivity contribution is -0.137. The number of carboxylic acid groups (broad SMARTS) is 1. The number of carbonyl (C=O) groups excluding carboxylic acids is 1. The second-order valence-electron chi connectivity index (χ2n) is 4.12. The largest absolute Gasteiger partial charge is 0.481 e. The van der Waals surface area contributed by atoms with Gasteiger partial charge in [-0.1, -0.05) is 12.8 Å². The molecule has 0 bridgehead atoms. The quantitative estimate of drug-likeness (QED) is 0.601. The van der Waals surface area contributed by atoms with Gasteiger partial charge in [-0.25, -0.2) is 0 Å². The van der Waals surface area contributed by atoms with Gasteiger partial charge in [0.1, 0.15) is 0 Å². The van der Waals surface area contributed by atoms with Crippen molar-refractivity contribution in [1.29, 1.82) is 0 Å². The first-order valence-corrected chi connectivity index (χ1v) is 5.69. The molecule has 4 nitrogen and oxygen atoms in total. The zero-order chi connectivity index (χ0) is 11.1. The summed E-state index contributed by atoms with van der Waals surface area (Å²) in [5, 5.41) is 11.3. The molecule has 4 heteroatoms. The highest BCUT2D eigenvalue weighted by atomic mass is 16.4. The van der Waals surface area contributed by atoms with Crippen LogP contribution in [0.2, 0.25) is 0 Å². The van der Waals surface area contributed by atoms with Gasteiger partial charge in [-0.3, -0.25) is 9.59 Å². The highest BCUT2D eigenvalue weighted by Crippen LogP contribution is 2.28.